The van der Waals surface area contributed by atoms with Crippen LogP contribution in [0.25, 0.3) is 21.5 Å². The number of aryl methyl sites for hydroxylation is 1. The van der Waals surface area contributed by atoms with Crippen LogP contribution >= 0.6 is 0 Å². The number of hydrogen-bond donors (Lipinski definition) is 8. The van der Waals surface area contributed by atoms with Gasteiger partial charge in [-0.1, -0.05) is 0 Å². The Kier molecular flexibility index (Phi) is 9.20. The van der Waals surface area contributed by atoms with E-state index in [-0.39, 0.29) is 44.6 Å². The molecular weight excluding hydrogens is 592 g/mol. The van der Waals surface area contributed by atoms with E-state index in [1.165, 1.54) is 32.4 Å². The van der Waals surface area contributed by atoms with E-state index in [1.807, 2.05) is 0 Å². The highest BCUT2D eigenvalue weighted by Crippen LogP contribution is 2.47. The number of aliphatic hydroxyl groups is 7. The maximum absolute atomic E-state index is 12.8. The van der Waals surface area contributed by atoms with Gasteiger partial charge in [0.1, 0.15) is 83.0 Å². The molecule has 16 nitrogen and oxygen atoms in total. The van der Waals surface area contributed by atoms with E-state index < -0.39 is 86.0 Å². The second kappa shape index (κ2) is 12.6. The minimum absolute atomic E-state index is 0.0446. The van der Waals surface area contributed by atoms with Crippen molar-refractivity contribution in [1.29, 1.82) is 0 Å². The van der Waals surface area contributed by atoms with E-state index in [4.69, 9.17) is 32.8 Å². The summed E-state index contributed by atoms with van der Waals surface area (Å²) >= 11 is 0. The van der Waals surface area contributed by atoms with Crippen molar-refractivity contribution in [3.05, 3.63) is 34.4 Å². The van der Waals surface area contributed by atoms with Gasteiger partial charge in [-0.05, 0) is 19.1 Å². The molecule has 0 unspecified atom stereocenters. The van der Waals surface area contributed by atoms with Gasteiger partial charge in [0.15, 0.2) is 6.29 Å². The number of aromatic hydroxyl groups is 1. The minimum atomic E-state index is -1.84. The van der Waals surface area contributed by atoms with Crippen molar-refractivity contribution >= 4 is 21.5 Å². The van der Waals surface area contributed by atoms with Crippen molar-refractivity contribution < 1.29 is 73.7 Å². The third-order valence-corrected chi connectivity index (χ3v) is 7.74. The Balaban J connectivity index is 1.48. The van der Waals surface area contributed by atoms with Gasteiger partial charge in [0, 0.05) is 16.8 Å². The van der Waals surface area contributed by atoms with Crippen LogP contribution in [-0.2, 0) is 14.2 Å². The van der Waals surface area contributed by atoms with E-state index in [9.17, 15) is 45.6 Å². The van der Waals surface area contributed by atoms with Crippen LogP contribution in [0.15, 0.2) is 27.4 Å². The zero-order valence-corrected chi connectivity index (χ0v) is 23.8. The first-order valence-corrected chi connectivity index (χ1v) is 13.5. The second-order valence-corrected chi connectivity index (χ2v) is 10.5. The topological polar surface area (TPSA) is 247 Å². The Labute approximate surface area is 248 Å². The lowest BCUT2D eigenvalue weighted by Crippen LogP contribution is -2.62. The van der Waals surface area contributed by atoms with Crippen LogP contribution in [0.1, 0.15) is 5.76 Å². The average molecular weight is 627 g/mol. The van der Waals surface area contributed by atoms with Crippen LogP contribution in [0.4, 0.5) is 0 Å². The van der Waals surface area contributed by atoms with Gasteiger partial charge in [-0.15, -0.1) is 0 Å². The quantitative estimate of drug-likeness (QED) is 0.126. The van der Waals surface area contributed by atoms with Gasteiger partial charge >= 0.3 is 5.63 Å². The van der Waals surface area contributed by atoms with Crippen molar-refractivity contribution in [3.63, 3.8) is 0 Å². The van der Waals surface area contributed by atoms with E-state index in [0.717, 1.165) is 0 Å². The number of ether oxygens (including phenoxy) is 6. The normalized spacial score (nSPS) is 32.6. The molecule has 0 saturated carbocycles. The first kappa shape index (κ1) is 32.1. The van der Waals surface area contributed by atoms with E-state index in [2.05, 4.69) is 0 Å². The molecule has 2 saturated heterocycles. The van der Waals surface area contributed by atoms with Crippen LogP contribution in [0.2, 0.25) is 0 Å². The van der Waals surface area contributed by atoms with Gasteiger partial charge in [0.05, 0.1) is 32.8 Å². The molecular formula is C28H34O16. The van der Waals surface area contributed by atoms with Gasteiger partial charge < -0.3 is 73.7 Å². The molecule has 2 aliphatic rings. The molecule has 0 radical (unpaired) electrons. The lowest BCUT2D eigenvalue weighted by Gasteiger charge is -2.42. The molecule has 1 aromatic heterocycles. The molecule has 5 rings (SSSR count). The molecule has 0 bridgehead atoms. The van der Waals surface area contributed by atoms with Crippen LogP contribution in [0, 0.1) is 6.92 Å². The first-order valence-electron chi connectivity index (χ1n) is 13.5. The number of fused-ring (bicyclic) bond motifs is 2. The van der Waals surface area contributed by atoms with E-state index in [1.54, 1.807) is 6.92 Å². The predicted octanol–water partition coefficient (Wildman–Crippen LogP) is -2.02. The van der Waals surface area contributed by atoms with Crippen molar-refractivity contribution in [2.45, 2.75) is 68.3 Å². The molecule has 2 aliphatic heterocycles. The van der Waals surface area contributed by atoms with Crippen LogP contribution < -0.4 is 19.8 Å². The number of benzene rings is 2. The zero-order chi connectivity index (χ0) is 32.0. The molecule has 242 valence electrons. The summed E-state index contributed by atoms with van der Waals surface area (Å²) in [6.07, 6.45) is -16.5. The fourth-order valence-corrected chi connectivity index (χ4v) is 5.40. The third kappa shape index (κ3) is 5.54. The standard InChI is InChI=1S/C28H34O16/c1-9-4-11-17(26(37)41-9)20(32)16-12(25(11)39-3)5-10(38-2)6-13(16)42-28-24(36)22(34)19(31)15(44-28)8-40-27-23(35)21(33)18(30)14(7-29)43-27/h4-6,14-15,18-19,21-24,27-36H,7-8H2,1-3H3/t14-,15-,18-,19-,21-,22+,23-,24-,27-,28-/m1/s1. The minimum Gasteiger partial charge on any atom is -0.506 e. The van der Waals surface area contributed by atoms with Crippen LogP contribution in [0.3, 0.4) is 0 Å². The highest BCUT2D eigenvalue weighted by Gasteiger charge is 2.48. The van der Waals surface area contributed by atoms with E-state index >= 15 is 0 Å². The Bertz CT molecular complexity index is 1550. The number of phenols is 1. The van der Waals surface area contributed by atoms with Gasteiger partial charge in [-0.3, -0.25) is 0 Å². The molecule has 3 heterocycles. The average Bonchev–Trinajstić information content (AvgIpc) is 2.99. The number of methoxy groups -OCH3 is 2. The number of phenolic OH excluding ortho intramolecular Hbond substituents is 1. The Morgan fingerprint density at radius 1 is 0.773 bits per heavy atom. The Hall–Kier alpha value is -3.29. The summed E-state index contributed by atoms with van der Waals surface area (Å²) in [5.41, 5.74) is -0.850. The summed E-state index contributed by atoms with van der Waals surface area (Å²) in [4.78, 5) is 12.8. The van der Waals surface area contributed by atoms with Crippen molar-refractivity contribution in [2.24, 2.45) is 0 Å². The molecule has 0 aliphatic carbocycles. The fraction of sp³-hybridized carbons (Fsp3) is 0.536. The molecule has 2 fully saturated rings. The second-order valence-electron chi connectivity index (χ2n) is 10.5. The fourth-order valence-electron chi connectivity index (χ4n) is 5.40. The largest absolute Gasteiger partial charge is 0.506 e. The van der Waals surface area contributed by atoms with Crippen molar-refractivity contribution in [3.8, 4) is 23.0 Å². The summed E-state index contributed by atoms with van der Waals surface area (Å²) in [7, 11) is 2.73. The van der Waals surface area contributed by atoms with Crippen molar-refractivity contribution in [1.82, 2.24) is 0 Å². The molecule has 3 aromatic rings. The van der Waals surface area contributed by atoms with Gasteiger partial charge in [0.2, 0.25) is 6.29 Å². The summed E-state index contributed by atoms with van der Waals surface area (Å²) in [5, 5.41) is 83.1. The first-order chi connectivity index (χ1) is 20.9. The lowest BCUT2D eigenvalue weighted by molar-refractivity contribution is -0.323. The molecule has 10 atom stereocenters. The molecule has 44 heavy (non-hydrogen) atoms. The van der Waals surface area contributed by atoms with Gasteiger partial charge in [-0.2, -0.15) is 0 Å². The Morgan fingerprint density at radius 3 is 2.02 bits per heavy atom. The zero-order valence-electron chi connectivity index (χ0n) is 23.8. The smallest absolute Gasteiger partial charge is 0.347 e. The van der Waals surface area contributed by atoms with Gasteiger partial charge in [-0.25, -0.2) is 4.79 Å². The third-order valence-electron chi connectivity index (χ3n) is 7.74. The monoisotopic (exact) mass is 626 g/mol. The molecule has 16 heteroatoms. The Morgan fingerprint density at radius 2 is 1.39 bits per heavy atom. The highest BCUT2D eigenvalue weighted by atomic mass is 16.7. The summed E-state index contributed by atoms with van der Waals surface area (Å²) in [6.45, 7) is 0.272. The molecule has 8 N–H and O–H groups in total. The predicted molar refractivity (Wildman–Crippen MR) is 147 cm³/mol. The number of hydrogen-bond acceptors (Lipinski definition) is 16. The van der Waals surface area contributed by atoms with Gasteiger partial charge in [0.25, 0.3) is 0 Å². The number of aliphatic hydroxyl groups excluding tert-OH is 7. The highest BCUT2D eigenvalue weighted by molar-refractivity contribution is 6.13. The maximum Gasteiger partial charge on any atom is 0.347 e. The van der Waals surface area contributed by atoms with Crippen LogP contribution in [0.5, 0.6) is 23.0 Å². The summed E-state index contributed by atoms with van der Waals surface area (Å²) in [6, 6.07) is 4.37. The molecule has 2 aromatic carbocycles. The summed E-state index contributed by atoms with van der Waals surface area (Å²) in [5.74, 6) is -0.0347. The molecule has 0 spiro atoms. The summed E-state index contributed by atoms with van der Waals surface area (Å²) < 4.78 is 38.5. The SMILES string of the molecule is COc1cc(O[C@@H]2O[C@H](CO[C@@H]3O[C@H](CO)[C@@H](O)[C@@H](O)[C@H]3O)[C@@H](O)[C@H](O)[C@H]2O)c2c(O)c3c(=O)oc(C)cc3c(OC)c2c1. The maximum atomic E-state index is 12.8. The van der Waals surface area contributed by atoms with Crippen LogP contribution in [-0.4, -0.2) is 130 Å². The number of rotatable bonds is 8. The lowest BCUT2D eigenvalue weighted by atomic mass is 9.98. The molecule has 0 amide bonds. The van der Waals surface area contributed by atoms with E-state index in [0.29, 0.717) is 0 Å². The van der Waals surface area contributed by atoms with Crippen molar-refractivity contribution in [2.75, 3.05) is 27.4 Å².